The van der Waals surface area contributed by atoms with Crippen LogP contribution in [0.3, 0.4) is 0 Å². The molecule has 1 amide bonds. The van der Waals surface area contributed by atoms with Crippen LogP contribution in [0.4, 0.5) is 4.79 Å². The van der Waals surface area contributed by atoms with E-state index in [-0.39, 0.29) is 18.6 Å². The van der Waals surface area contributed by atoms with Gasteiger partial charge in [-0.25, -0.2) is 4.79 Å². The van der Waals surface area contributed by atoms with Crippen molar-refractivity contribution in [3.05, 3.63) is 0 Å². The van der Waals surface area contributed by atoms with E-state index in [0.29, 0.717) is 19.7 Å². The molecule has 0 spiro atoms. The second kappa shape index (κ2) is 6.20. The molecule has 6 nitrogen and oxygen atoms in total. The lowest BCUT2D eigenvalue weighted by Gasteiger charge is -2.31. The maximum atomic E-state index is 11.5. The van der Waals surface area contributed by atoms with Gasteiger partial charge in [0.2, 0.25) is 0 Å². The molecule has 100 valence electrons. The molecule has 1 saturated heterocycles. The van der Waals surface area contributed by atoms with Crippen molar-refractivity contribution >= 4 is 16.2 Å². The van der Waals surface area contributed by atoms with Gasteiger partial charge in [0.25, 0.3) is 10.1 Å². The van der Waals surface area contributed by atoms with E-state index in [9.17, 15) is 13.2 Å². The first-order valence-corrected chi connectivity index (χ1v) is 7.50. The summed E-state index contributed by atoms with van der Waals surface area (Å²) in [6.45, 7) is 3.39. The molecule has 0 saturated carbocycles. The van der Waals surface area contributed by atoms with Gasteiger partial charge in [0.15, 0.2) is 0 Å². The summed E-state index contributed by atoms with van der Waals surface area (Å²) in [5, 5.41) is 0. The van der Waals surface area contributed by atoms with Crippen LogP contribution in [0.25, 0.3) is 0 Å². The summed E-state index contributed by atoms with van der Waals surface area (Å²) in [6.07, 6.45) is 2.40. The highest BCUT2D eigenvalue weighted by molar-refractivity contribution is 7.85. The third kappa shape index (κ3) is 5.36. The van der Waals surface area contributed by atoms with Crippen LogP contribution in [0, 0.1) is 5.92 Å². The summed E-state index contributed by atoms with van der Waals surface area (Å²) >= 11 is 0. The molecule has 0 N–H and O–H groups in total. The first-order valence-electron chi connectivity index (χ1n) is 5.68. The smallest absolute Gasteiger partial charge is 0.409 e. The molecule has 1 aliphatic heterocycles. The fourth-order valence-corrected chi connectivity index (χ4v) is 2.24. The number of carbonyl (C=O) groups excluding carboxylic acids is 1. The molecule has 0 aromatic carbocycles. The fourth-order valence-electron chi connectivity index (χ4n) is 1.80. The Labute approximate surface area is 102 Å². The van der Waals surface area contributed by atoms with Crippen molar-refractivity contribution in [2.75, 3.05) is 32.6 Å². The summed E-state index contributed by atoms with van der Waals surface area (Å²) < 4.78 is 31.4. The van der Waals surface area contributed by atoms with E-state index in [0.717, 1.165) is 19.1 Å². The van der Waals surface area contributed by atoms with Crippen molar-refractivity contribution in [3.8, 4) is 0 Å². The Morgan fingerprint density at radius 2 is 2.18 bits per heavy atom. The van der Waals surface area contributed by atoms with Crippen LogP contribution in [0.5, 0.6) is 0 Å². The van der Waals surface area contributed by atoms with Crippen molar-refractivity contribution in [1.29, 1.82) is 0 Å². The molecule has 1 rings (SSSR count). The number of amides is 1. The molecule has 0 aromatic heterocycles. The van der Waals surface area contributed by atoms with E-state index in [1.807, 2.05) is 0 Å². The lowest BCUT2D eigenvalue weighted by Crippen LogP contribution is -2.41. The molecule has 17 heavy (non-hydrogen) atoms. The van der Waals surface area contributed by atoms with Crippen molar-refractivity contribution in [2.45, 2.75) is 19.8 Å². The molecule has 0 aliphatic carbocycles. The van der Waals surface area contributed by atoms with Gasteiger partial charge in [-0.2, -0.15) is 8.42 Å². The number of ether oxygens (including phenoxy) is 1. The Kier molecular flexibility index (Phi) is 5.20. The SMILES string of the molecule is CCOC(=O)N1CCC[C@H](COS(C)(=O)=O)C1. The van der Waals surface area contributed by atoms with E-state index >= 15 is 0 Å². The monoisotopic (exact) mass is 265 g/mol. The zero-order valence-corrected chi connectivity index (χ0v) is 11.0. The molecule has 0 radical (unpaired) electrons. The van der Waals surface area contributed by atoms with E-state index in [4.69, 9.17) is 8.92 Å². The van der Waals surface area contributed by atoms with E-state index < -0.39 is 10.1 Å². The standard InChI is InChI=1S/C10H19NO5S/c1-3-15-10(12)11-6-4-5-9(7-11)8-16-17(2,13)14/h9H,3-8H2,1-2H3/t9-/m0/s1. The highest BCUT2D eigenvalue weighted by atomic mass is 32.2. The van der Waals surface area contributed by atoms with Crippen LogP contribution in [0.2, 0.25) is 0 Å². The van der Waals surface area contributed by atoms with Crippen LogP contribution in [0.15, 0.2) is 0 Å². The highest BCUT2D eigenvalue weighted by Crippen LogP contribution is 2.18. The van der Waals surface area contributed by atoms with Gasteiger partial charge in [-0.1, -0.05) is 0 Å². The Morgan fingerprint density at radius 3 is 2.76 bits per heavy atom. The number of nitrogens with zero attached hydrogens (tertiary/aromatic N) is 1. The molecule has 0 bridgehead atoms. The minimum atomic E-state index is -3.41. The molecule has 7 heteroatoms. The van der Waals surface area contributed by atoms with E-state index in [1.54, 1.807) is 11.8 Å². The number of piperidine rings is 1. The number of hydrogen-bond donors (Lipinski definition) is 0. The molecular weight excluding hydrogens is 246 g/mol. The molecule has 0 unspecified atom stereocenters. The summed E-state index contributed by atoms with van der Waals surface area (Å²) in [6, 6.07) is 0. The maximum absolute atomic E-state index is 11.5. The first kappa shape index (κ1) is 14.2. The summed E-state index contributed by atoms with van der Waals surface area (Å²) in [7, 11) is -3.41. The molecule has 1 heterocycles. The third-order valence-electron chi connectivity index (χ3n) is 2.56. The van der Waals surface area contributed by atoms with Crippen LogP contribution in [-0.4, -0.2) is 52.0 Å². The minimum Gasteiger partial charge on any atom is -0.450 e. The van der Waals surface area contributed by atoms with E-state index in [1.165, 1.54) is 0 Å². The second-order valence-electron chi connectivity index (χ2n) is 4.14. The zero-order valence-electron chi connectivity index (χ0n) is 10.2. The van der Waals surface area contributed by atoms with Crippen molar-refractivity contribution in [2.24, 2.45) is 5.92 Å². The van der Waals surface area contributed by atoms with E-state index in [2.05, 4.69) is 0 Å². The number of hydrogen-bond acceptors (Lipinski definition) is 5. The number of likely N-dealkylation sites (tertiary alicyclic amines) is 1. The lowest BCUT2D eigenvalue weighted by molar-refractivity contribution is 0.0799. The van der Waals surface area contributed by atoms with Crippen LogP contribution in [0.1, 0.15) is 19.8 Å². The van der Waals surface area contributed by atoms with Crippen molar-refractivity contribution in [1.82, 2.24) is 4.90 Å². The zero-order chi connectivity index (χ0) is 12.9. The third-order valence-corrected chi connectivity index (χ3v) is 3.13. The highest BCUT2D eigenvalue weighted by Gasteiger charge is 2.25. The molecular formula is C10H19NO5S. The molecule has 1 aliphatic rings. The van der Waals surface area contributed by atoms with Gasteiger partial charge in [0, 0.05) is 19.0 Å². The summed E-state index contributed by atoms with van der Waals surface area (Å²) in [5.41, 5.74) is 0. The van der Waals surface area contributed by atoms with Gasteiger partial charge in [-0.15, -0.1) is 0 Å². The Morgan fingerprint density at radius 1 is 1.47 bits per heavy atom. The second-order valence-corrected chi connectivity index (χ2v) is 5.79. The first-order chi connectivity index (χ1) is 7.92. The Balaban J connectivity index is 2.41. The molecule has 1 fully saturated rings. The predicted molar refractivity (Wildman–Crippen MR) is 62.1 cm³/mol. The summed E-state index contributed by atoms with van der Waals surface area (Å²) in [4.78, 5) is 13.1. The lowest BCUT2D eigenvalue weighted by atomic mass is 10.00. The normalized spacial score (nSPS) is 21.3. The van der Waals surface area contributed by atoms with Crippen molar-refractivity contribution < 1.29 is 22.1 Å². The number of carbonyl (C=O) groups is 1. The largest absolute Gasteiger partial charge is 0.450 e. The summed E-state index contributed by atoms with van der Waals surface area (Å²) in [5.74, 6) is 0.0582. The number of rotatable bonds is 4. The average molecular weight is 265 g/mol. The van der Waals surface area contributed by atoms with Gasteiger partial charge in [0.05, 0.1) is 19.5 Å². The topological polar surface area (TPSA) is 72.9 Å². The minimum absolute atomic E-state index is 0.0582. The van der Waals surface area contributed by atoms with Gasteiger partial charge < -0.3 is 9.64 Å². The van der Waals surface area contributed by atoms with Crippen molar-refractivity contribution in [3.63, 3.8) is 0 Å². The van der Waals surface area contributed by atoms with Crippen LogP contribution < -0.4 is 0 Å². The predicted octanol–water partition coefficient (Wildman–Crippen LogP) is 0.831. The molecule has 1 atom stereocenters. The Hall–Kier alpha value is -0.820. The Bertz CT molecular complexity index is 354. The quantitative estimate of drug-likeness (QED) is 0.704. The average Bonchev–Trinajstić information content (AvgIpc) is 2.26. The van der Waals surface area contributed by atoms with Gasteiger partial charge >= 0.3 is 6.09 Å². The van der Waals surface area contributed by atoms with Gasteiger partial charge in [-0.3, -0.25) is 4.18 Å². The van der Waals surface area contributed by atoms with Gasteiger partial charge in [-0.05, 0) is 19.8 Å². The fraction of sp³-hybridized carbons (Fsp3) is 0.900. The maximum Gasteiger partial charge on any atom is 0.409 e. The van der Waals surface area contributed by atoms with Crippen LogP contribution in [-0.2, 0) is 19.0 Å². The van der Waals surface area contributed by atoms with Gasteiger partial charge in [0.1, 0.15) is 0 Å². The molecule has 0 aromatic rings. The van der Waals surface area contributed by atoms with Crippen LogP contribution >= 0.6 is 0 Å².